The molecular weight excluding hydrogens is 292 g/mol. The van der Waals surface area contributed by atoms with Gasteiger partial charge >= 0.3 is 0 Å². The number of nitrogens with one attached hydrogen (secondary N) is 1. The number of carbonyl (C=O) groups excluding carboxylic acids is 1. The lowest BCUT2D eigenvalue weighted by atomic mass is 9.91. The van der Waals surface area contributed by atoms with Crippen LogP contribution in [0.4, 0.5) is 0 Å². The third-order valence-corrected chi connectivity index (χ3v) is 4.84. The summed E-state index contributed by atoms with van der Waals surface area (Å²) in [4.78, 5) is 24.3. The summed E-state index contributed by atoms with van der Waals surface area (Å²) < 4.78 is 6.91. The minimum atomic E-state index is -0.0986. The fraction of sp³-hybridized carbons (Fsp3) is 0.444. The van der Waals surface area contributed by atoms with Crippen LogP contribution < -0.4 is 10.9 Å². The maximum atomic E-state index is 12.2. The van der Waals surface area contributed by atoms with E-state index in [-0.39, 0.29) is 17.5 Å². The van der Waals surface area contributed by atoms with Gasteiger partial charge in [-0.25, -0.2) is 0 Å². The van der Waals surface area contributed by atoms with Crippen molar-refractivity contribution in [1.82, 2.24) is 9.88 Å². The molecule has 120 valence electrons. The van der Waals surface area contributed by atoms with E-state index < -0.39 is 0 Å². The number of aromatic nitrogens is 1. The first-order chi connectivity index (χ1) is 11.2. The van der Waals surface area contributed by atoms with Gasteiger partial charge in [0.05, 0.1) is 11.8 Å². The summed E-state index contributed by atoms with van der Waals surface area (Å²) >= 11 is 0. The molecule has 5 nitrogen and oxygen atoms in total. The molecule has 2 aromatic rings. The van der Waals surface area contributed by atoms with Crippen LogP contribution in [0.1, 0.15) is 40.9 Å². The molecule has 1 saturated carbocycles. The molecule has 0 spiro atoms. The first-order valence-electron chi connectivity index (χ1n) is 8.25. The topological polar surface area (TPSA) is 64.2 Å². The Morgan fingerprint density at radius 3 is 2.87 bits per heavy atom. The van der Waals surface area contributed by atoms with Gasteiger partial charge in [-0.15, -0.1) is 0 Å². The second-order valence-corrected chi connectivity index (χ2v) is 6.62. The Hall–Kier alpha value is -2.30. The van der Waals surface area contributed by atoms with Crippen molar-refractivity contribution in [1.29, 1.82) is 0 Å². The summed E-state index contributed by atoms with van der Waals surface area (Å²) in [6.07, 6.45) is 7.92. The van der Waals surface area contributed by atoms with Crippen LogP contribution in [-0.4, -0.2) is 16.5 Å². The molecule has 0 aliphatic heterocycles. The number of carbonyl (C=O) groups is 1. The lowest BCUT2D eigenvalue weighted by Crippen LogP contribution is -2.40. The summed E-state index contributed by atoms with van der Waals surface area (Å²) in [5.41, 5.74) is 3.01. The number of hydrogen-bond donors (Lipinski definition) is 1. The Morgan fingerprint density at radius 2 is 2.13 bits per heavy atom. The number of hydrogen-bond acceptors (Lipinski definition) is 3. The van der Waals surface area contributed by atoms with Crippen molar-refractivity contribution in [2.24, 2.45) is 5.92 Å². The van der Waals surface area contributed by atoms with Crippen molar-refractivity contribution in [2.45, 2.75) is 44.7 Å². The summed E-state index contributed by atoms with van der Waals surface area (Å²) in [7, 11) is 0. The predicted octanol–water partition coefficient (Wildman–Crippen LogP) is 2.14. The van der Waals surface area contributed by atoms with Crippen molar-refractivity contribution in [3.8, 4) is 0 Å². The molecule has 1 amide bonds. The van der Waals surface area contributed by atoms with E-state index in [2.05, 4.69) is 5.32 Å². The summed E-state index contributed by atoms with van der Waals surface area (Å²) in [6.45, 7) is 0.855. The Balaban J connectivity index is 1.51. The normalized spacial score (nSPS) is 20.1. The number of amides is 1. The van der Waals surface area contributed by atoms with Crippen LogP contribution in [0.2, 0.25) is 0 Å². The van der Waals surface area contributed by atoms with Crippen LogP contribution in [0.15, 0.2) is 39.9 Å². The van der Waals surface area contributed by atoms with Crippen LogP contribution in [0.5, 0.6) is 0 Å². The van der Waals surface area contributed by atoms with Crippen LogP contribution >= 0.6 is 0 Å². The molecule has 1 atom stereocenters. The van der Waals surface area contributed by atoms with E-state index in [1.807, 2.05) is 10.6 Å². The van der Waals surface area contributed by atoms with Crippen molar-refractivity contribution in [3.63, 3.8) is 0 Å². The molecule has 1 fully saturated rings. The molecule has 2 aliphatic rings. The molecule has 0 bridgehead atoms. The van der Waals surface area contributed by atoms with Crippen LogP contribution in [0.3, 0.4) is 0 Å². The van der Waals surface area contributed by atoms with E-state index in [0.29, 0.717) is 11.5 Å². The third-order valence-electron chi connectivity index (χ3n) is 4.84. The molecule has 2 heterocycles. The highest BCUT2D eigenvalue weighted by Gasteiger charge is 2.27. The van der Waals surface area contributed by atoms with E-state index in [4.69, 9.17) is 4.42 Å². The van der Waals surface area contributed by atoms with Gasteiger partial charge < -0.3 is 14.3 Å². The molecular formula is C18H20N2O3. The van der Waals surface area contributed by atoms with Gasteiger partial charge in [0.15, 0.2) is 0 Å². The average Bonchev–Trinajstić information content (AvgIpc) is 3.19. The number of fused-ring (bicyclic) bond motifs is 1. The Bertz CT molecular complexity index is 772. The molecule has 2 aromatic heterocycles. The quantitative estimate of drug-likeness (QED) is 0.940. The number of pyridine rings is 1. The predicted molar refractivity (Wildman–Crippen MR) is 85.4 cm³/mol. The van der Waals surface area contributed by atoms with Crippen LogP contribution in [0.25, 0.3) is 0 Å². The zero-order valence-electron chi connectivity index (χ0n) is 13.0. The maximum Gasteiger partial charge on any atom is 0.254 e. The molecule has 23 heavy (non-hydrogen) atoms. The van der Waals surface area contributed by atoms with E-state index in [1.165, 1.54) is 36.6 Å². The fourth-order valence-corrected chi connectivity index (χ4v) is 3.37. The first-order valence-corrected chi connectivity index (χ1v) is 8.25. The minimum absolute atomic E-state index is 0.0986. The molecule has 5 heteroatoms. The standard InChI is InChI=1S/C18H20N2O3/c21-17-6-3-13-9-15(19-18(22)14-7-8-23-11-14)4-5-16(13)20(17)10-12-1-2-12/h3,6-8,11-12,15H,1-2,4-5,9-10H2,(H,19,22). The molecule has 0 saturated heterocycles. The van der Waals surface area contributed by atoms with Gasteiger partial charge in [-0.1, -0.05) is 6.07 Å². The third kappa shape index (κ3) is 2.96. The van der Waals surface area contributed by atoms with E-state index in [0.717, 1.165) is 25.8 Å². The van der Waals surface area contributed by atoms with Crippen molar-refractivity contribution >= 4 is 5.91 Å². The highest BCUT2D eigenvalue weighted by atomic mass is 16.3. The maximum absolute atomic E-state index is 12.2. The Kier molecular flexibility index (Phi) is 3.56. The SMILES string of the molecule is O=C(NC1CCc2c(ccc(=O)n2CC2CC2)C1)c1ccoc1. The first kappa shape index (κ1) is 14.3. The van der Waals surface area contributed by atoms with Gasteiger partial charge in [0, 0.05) is 24.3 Å². The van der Waals surface area contributed by atoms with Crippen LogP contribution in [-0.2, 0) is 19.4 Å². The van der Waals surface area contributed by atoms with Gasteiger partial charge in [-0.05, 0) is 49.7 Å². The number of rotatable bonds is 4. The minimum Gasteiger partial charge on any atom is -0.472 e. The lowest BCUT2D eigenvalue weighted by Gasteiger charge is -2.27. The summed E-state index contributed by atoms with van der Waals surface area (Å²) in [5.74, 6) is 0.580. The lowest BCUT2D eigenvalue weighted by molar-refractivity contribution is 0.0932. The monoisotopic (exact) mass is 312 g/mol. The molecule has 1 unspecified atom stereocenters. The molecule has 1 N–H and O–H groups in total. The summed E-state index contributed by atoms with van der Waals surface area (Å²) in [6, 6.07) is 5.37. The molecule has 0 aromatic carbocycles. The fourth-order valence-electron chi connectivity index (χ4n) is 3.37. The molecule has 2 aliphatic carbocycles. The van der Waals surface area contributed by atoms with Gasteiger partial charge in [0.25, 0.3) is 11.5 Å². The second kappa shape index (κ2) is 5.72. The Labute approximate surface area is 134 Å². The zero-order valence-corrected chi connectivity index (χ0v) is 13.0. The van der Waals surface area contributed by atoms with Gasteiger partial charge in [-0.3, -0.25) is 9.59 Å². The van der Waals surface area contributed by atoms with Crippen molar-refractivity contribution in [2.75, 3.05) is 0 Å². The van der Waals surface area contributed by atoms with Crippen molar-refractivity contribution in [3.05, 3.63) is 57.9 Å². The molecule has 4 rings (SSSR count). The van der Waals surface area contributed by atoms with Crippen molar-refractivity contribution < 1.29 is 9.21 Å². The average molecular weight is 312 g/mol. The smallest absolute Gasteiger partial charge is 0.254 e. The highest BCUT2D eigenvalue weighted by Crippen LogP contribution is 2.31. The zero-order chi connectivity index (χ0) is 15.8. The Morgan fingerprint density at radius 1 is 1.26 bits per heavy atom. The number of furan rings is 1. The van der Waals surface area contributed by atoms with E-state index in [9.17, 15) is 9.59 Å². The van der Waals surface area contributed by atoms with E-state index in [1.54, 1.807) is 12.1 Å². The van der Waals surface area contributed by atoms with Crippen LogP contribution in [0, 0.1) is 5.92 Å². The second-order valence-electron chi connectivity index (χ2n) is 6.62. The summed E-state index contributed by atoms with van der Waals surface area (Å²) in [5, 5.41) is 3.06. The van der Waals surface area contributed by atoms with Gasteiger partial charge in [-0.2, -0.15) is 0 Å². The molecule has 0 radical (unpaired) electrons. The highest BCUT2D eigenvalue weighted by molar-refractivity contribution is 5.93. The van der Waals surface area contributed by atoms with E-state index >= 15 is 0 Å². The largest absolute Gasteiger partial charge is 0.472 e. The van der Waals surface area contributed by atoms with Gasteiger partial charge in [0.2, 0.25) is 0 Å². The number of nitrogens with zero attached hydrogens (tertiary/aromatic N) is 1. The van der Waals surface area contributed by atoms with Gasteiger partial charge in [0.1, 0.15) is 6.26 Å².